The maximum atomic E-state index is 10.4. The van der Waals surface area contributed by atoms with Crippen molar-refractivity contribution < 1.29 is 24.1 Å². The Hall–Kier alpha value is -2.17. The maximum absolute atomic E-state index is 10.4. The number of ether oxygens (including phenoxy) is 3. The molecular formula is C12H13O5-. The Labute approximate surface area is 99.2 Å². The minimum Gasteiger partial charge on any atom is -0.545 e. The molecule has 0 bridgehead atoms. The van der Waals surface area contributed by atoms with E-state index in [0.29, 0.717) is 22.8 Å². The van der Waals surface area contributed by atoms with E-state index in [9.17, 15) is 9.90 Å². The highest BCUT2D eigenvalue weighted by Gasteiger charge is 2.13. The van der Waals surface area contributed by atoms with Gasteiger partial charge < -0.3 is 24.1 Å². The molecule has 1 aromatic rings. The summed E-state index contributed by atoms with van der Waals surface area (Å²) in [6, 6.07) is 3.33. The number of rotatable bonds is 5. The predicted molar refractivity (Wildman–Crippen MR) is 60.1 cm³/mol. The van der Waals surface area contributed by atoms with E-state index in [2.05, 4.69) is 0 Å². The largest absolute Gasteiger partial charge is 0.545 e. The van der Waals surface area contributed by atoms with Gasteiger partial charge in [0.2, 0.25) is 5.75 Å². The van der Waals surface area contributed by atoms with Gasteiger partial charge >= 0.3 is 0 Å². The number of hydrogen-bond acceptors (Lipinski definition) is 5. The zero-order valence-corrected chi connectivity index (χ0v) is 9.85. The van der Waals surface area contributed by atoms with Crippen LogP contribution in [0.15, 0.2) is 18.2 Å². The minimum absolute atomic E-state index is 0.407. The van der Waals surface area contributed by atoms with Gasteiger partial charge in [0.15, 0.2) is 11.5 Å². The lowest BCUT2D eigenvalue weighted by Gasteiger charge is -2.13. The summed E-state index contributed by atoms with van der Waals surface area (Å²) in [5.41, 5.74) is 0.564. The standard InChI is InChI=1S/C12H14O5/c1-15-9-6-4-8(5-7-10(13)14)11(16-2)12(9)17-3/h4-7H,1-3H3,(H,13,14)/p-1/b7-5-. The van der Waals surface area contributed by atoms with Crippen LogP contribution in [0, 0.1) is 0 Å². The van der Waals surface area contributed by atoms with E-state index in [0.717, 1.165) is 6.08 Å². The molecule has 0 amide bonds. The summed E-state index contributed by atoms with van der Waals surface area (Å²) in [6.07, 6.45) is 2.29. The van der Waals surface area contributed by atoms with Crippen LogP contribution in [0.2, 0.25) is 0 Å². The molecule has 5 heteroatoms. The van der Waals surface area contributed by atoms with Gasteiger partial charge in [-0.2, -0.15) is 0 Å². The van der Waals surface area contributed by atoms with Crippen LogP contribution < -0.4 is 19.3 Å². The average molecular weight is 237 g/mol. The van der Waals surface area contributed by atoms with Crippen LogP contribution in [0.4, 0.5) is 0 Å². The van der Waals surface area contributed by atoms with Crippen molar-refractivity contribution in [2.45, 2.75) is 0 Å². The van der Waals surface area contributed by atoms with Crippen LogP contribution in [0.5, 0.6) is 17.2 Å². The molecule has 0 saturated heterocycles. The molecular weight excluding hydrogens is 224 g/mol. The van der Waals surface area contributed by atoms with Crippen molar-refractivity contribution in [3.8, 4) is 17.2 Å². The molecule has 0 saturated carbocycles. The molecule has 0 fully saturated rings. The molecule has 17 heavy (non-hydrogen) atoms. The van der Waals surface area contributed by atoms with Crippen molar-refractivity contribution in [2.75, 3.05) is 21.3 Å². The Kier molecular flexibility index (Phi) is 4.39. The Morgan fingerprint density at radius 2 is 1.76 bits per heavy atom. The smallest absolute Gasteiger partial charge is 0.203 e. The Bertz CT molecular complexity index is 437. The quantitative estimate of drug-likeness (QED) is 0.696. The molecule has 0 N–H and O–H groups in total. The number of carboxylic acid groups (broad SMARTS) is 1. The molecule has 5 nitrogen and oxygen atoms in total. The molecule has 92 valence electrons. The van der Waals surface area contributed by atoms with Gasteiger partial charge in [-0.15, -0.1) is 0 Å². The van der Waals surface area contributed by atoms with Crippen LogP contribution >= 0.6 is 0 Å². The predicted octanol–water partition coefficient (Wildman–Crippen LogP) is 0.476. The van der Waals surface area contributed by atoms with Gasteiger partial charge in [-0.05, 0) is 24.3 Å². The lowest BCUT2D eigenvalue weighted by Crippen LogP contribution is -2.18. The SMILES string of the molecule is COc1ccc(/C=C\C(=O)[O-])c(OC)c1OC. The van der Waals surface area contributed by atoms with E-state index in [-0.39, 0.29) is 0 Å². The van der Waals surface area contributed by atoms with E-state index < -0.39 is 5.97 Å². The van der Waals surface area contributed by atoms with Gasteiger partial charge in [-0.25, -0.2) is 0 Å². The second-order valence-electron chi connectivity index (χ2n) is 3.08. The first kappa shape index (κ1) is 12.9. The molecule has 1 aromatic carbocycles. The summed E-state index contributed by atoms with van der Waals surface area (Å²) < 4.78 is 15.4. The highest BCUT2D eigenvalue weighted by Crippen LogP contribution is 2.40. The fourth-order valence-corrected chi connectivity index (χ4v) is 1.41. The Balaban J connectivity index is 3.28. The molecule has 0 radical (unpaired) electrons. The summed E-state index contributed by atoms with van der Waals surface area (Å²) in [7, 11) is 4.45. The maximum Gasteiger partial charge on any atom is 0.203 e. The average Bonchev–Trinajstić information content (AvgIpc) is 2.34. The second-order valence-corrected chi connectivity index (χ2v) is 3.08. The summed E-state index contributed by atoms with van der Waals surface area (Å²) in [4.78, 5) is 10.4. The van der Waals surface area contributed by atoms with E-state index in [4.69, 9.17) is 14.2 Å². The van der Waals surface area contributed by atoms with E-state index >= 15 is 0 Å². The number of hydrogen-bond donors (Lipinski definition) is 0. The Morgan fingerprint density at radius 3 is 2.24 bits per heavy atom. The monoisotopic (exact) mass is 237 g/mol. The first-order chi connectivity index (χ1) is 8.13. The van der Waals surface area contributed by atoms with Gasteiger partial charge in [0, 0.05) is 5.56 Å². The summed E-state index contributed by atoms with van der Waals surface area (Å²) in [5.74, 6) is 0.0524. The van der Waals surface area contributed by atoms with E-state index in [1.807, 2.05) is 0 Å². The lowest BCUT2D eigenvalue weighted by molar-refractivity contribution is -0.297. The van der Waals surface area contributed by atoms with Gasteiger partial charge in [0.05, 0.1) is 27.3 Å². The van der Waals surface area contributed by atoms with Crippen LogP contribution in [-0.2, 0) is 4.79 Å². The van der Waals surface area contributed by atoms with Gasteiger partial charge in [0.25, 0.3) is 0 Å². The third-order valence-corrected chi connectivity index (χ3v) is 2.13. The van der Waals surface area contributed by atoms with Crippen molar-refractivity contribution in [3.05, 3.63) is 23.8 Å². The molecule has 0 aliphatic heterocycles. The van der Waals surface area contributed by atoms with Crippen molar-refractivity contribution in [3.63, 3.8) is 0 Å². The highest BCUT2D eigenvalue weighted by molar-refractivity contribution is 5.85. The van der Waals surface area contributed by atoms with Crippen LogP contribution in [0.3, 0.4) is 0 Å². The third kappa shape index (κ3) is 2.90. The van der Waals surface area contributed by atoms with Gasteiger partial charge in [-0.1, -0.05) is 0 Å². The summed E-state index contributed by atoms with van der Waals surface area (Å²) >= 11 is 0. The molecule has 1 rings (SSSR count). The number of methoxy groups -OCH3 is 3. The van der Waals surface area contributed by atoms with E-state index in [1.165, 1.54) is 27.4 Å². The number of carbonyl (C=O) groups is 1. The molecule has 0 aliphatic carbocycles. The van der Waals surface area contributed by atoms with Crippen molar-refractivity contribution in [2.24, 2.45) is 0 Å². The molecule has 0 aliphatic rings. The Morgan fingerprint density at radius 1 is 1.12 bits per heavy atom. The topological polar surface area (TPSA) is 67.8 Å². The lowest BCUT2D eigenvalue weighted by atomic mass is 10.1. The first-order valence-electron chi connectivity index (χ1n) is 4.82. The van der Waals surface area contributed by atoms with Gasteiger partial charge in [0.1, 0.15) is 0 Å². The fraction of sp³-hybridized carbons (Fsp3) is 0.250. The first-order valence-corrected chi connectivity index (χ1v) is 4.82. The molecule has 0 spiro atoms. The number of aliphatic carboxylic acids is 1. The number of carbonyl (C=O) groups excluding carboxylic acids is 1. The van der Waals surface area contributed by atoms with Crippen molar-refractivity contribution >= 4 is 12.0 Å². The molecule has 0 aromatic heterocycles. The van der Waals surface area contributed by atoms with Crippen LogP contribution in [0.1, 0.15) is 5.56 Å². The highest BCUT2D eigenvalue weighted by atomic mass is 16.5. The number of carboxylic acids is 1. The number of benzene rings is 1. The molecule has 0 heterocycles. The van der Waals surface area contributed by atoms with E-state index in [1.54, 1.807) is 12.1 Å². The zero-order chi connectivity index (χ0) is 12.8. The molecule has 0 unspecified atom stereocenters. The van der Waals surface area contributed by atoms with Crippen LogP contribution in [-0.4, -0.2) is 27.3 Å². The summed E-state index contributed by atoms with van der Waals surface area (Å²) in [6.45, 7) is 0. The van der Waals surface area contributed by atoms with Crippen molar-refractivity contribution in [1.82, 2.24) is 0 Å². The van der Waals surface area contributed by atoms with Crippen LogP contribution in [0.25, 0.3) is 6.08 Å². The minimum atomic E-state index is -1.28. The summed E-state index contributed by atoms with van der Waals surface area (Å²) in [5, 5.41) is 10.4. The van der Waals surface area contributed by atoms with Crippen molar-refractivity contribution in [1.29, 1.82) is 0 Å². The fourth-order valence-electron chi connectivity index (χ4n) is 1.41. The zero-order valence-electron chi connectivity index (χ0n) is 9.85. The third-order valence-electron chi connectivity index (χ3n) is 2.13. The second kappa shape index (κ2) is 5.79. The normalized spacial score (nSPS) is 10.3. The van der Waals surface area contributed by atoms with Gasteiger partial charge in [-0.3, -0.25) is 0 Å². The molecule has 0 atom stereocenters.